The Morgan fingerprint density at radius 3 is 1.43 bits per heavy atom. The molecule has 0 amide bonds. The van der Waals surface area contributed by atoms with Crippen LogP contribution in [0.4, 0.5) is 0 Å². The lowest BCUT2D eigenvalue weighted by molar-refractivity contribution is 1.18. The first-order valence-corrected chi connectivity index (χ1v) is 20.8. The van der Waals surface area contributed by atoms with E-state index in [4.69, 9.17) is 9.97 Å². The number of para-hydroxylation sites is 1. The molecule has 0 N–H and O–H groups in total. The summed E-state index contributed by atoms with van der Waals surface area (Å²) < 4.78 is 2.39. The van der Waals surface area contributed by atoms with Crippen LogP contribution in [0.25, 0.3) is 116 Å². The molecule has 2 heterocycles. The van der Waals surface area contributed by atoms with Crippen LogP contribution in [0, 0.1) is 0 Å². The molecule has 0 aliphatic heterocycles. The second-order valence-corrected chi connectivity index (χ2v) is 15.7. The summed E-state index contributed by atoms with van der Waals surface area (Å²) in [7, 11) is 0. The zero-order chi connectivity index (χ0) is 40.3. The minimum absolute atomic E-state index is 0.711. The lowest BCUT2D eigenvalue weighted by Gasteiger charge is -2.16. The number of hydrogen-bond donors (Lipinski definition) is 0. The van der Waals surface area contributed by atoms with E-state index in [0.717, 1.165) is 39.2 Å². The number of hydrogen-bond acceptors (Lipinski definition) is 2. The van der Waals surface area contributed by atoms with E-state index in [9.17, 15) is 0 Å². The van der Waals surface area contributed by atoms with Gasteiger partial charge in [0.2, 0.25) is 0 Å². The largest absolute Gasteiger partial charge is 0.309 e. The van der Waals surface area contributed by atoms with Crippen LogP contribution < -0.4 is 0 Å². The van der Waals surface area contributed by atoms with Crippen molar-refractivity contribution in [3.05, 3.63) is 224 Å². The van der Waals surface area contributed by atoms with Gasteiger partial charge in [0.1, 0.15) is 0 Å². The zero-order valence-corrected chi connectivity index (χ0v) is 33.2. The molecule has 284 valence electrons. The third-order valence-corrected chi connectivity index (χ3v) is 12.2. The van der Waals surface area contributed by atoms with Gasteiger partial charge in [-0.1, -0.05) is 182 Å². The maximum Gasteiger partial charge on any atom is 0.161 e. The number of rotatable bonds is 6. The predicted octanol–water partition coefficient (Wildman–Crippen LogP) is 15.4. The smallest absolute Gasteiger partial charge is 0.161 e. The molecule has 0 bridgehead atoms. The molecule has 61 heavy (non-hydrogen) atoms. The molecule has 0 atom stereocenters. The van der Waals surface area contributed by atoms with Gasteiger partial charge in [-0.2, -0.15) is 0 Å². The van der Waals surface area contributed by atoms with Crippen molar-refractivity contribution in [2.75, 3.05) is 0 Å². The van der Waals surface area contributed by atoms with Crippen molar-refractivity contribution < 1.29 is 0 Å². The minimum atomic E-state index is 0.711. The highest BCUT2D eigenvalue weighted by atomic mass is 15.0. The molecule has 12 rings (SSSR count). The van der Waals surface area contributed by atoms with Crippen LogP contribution in [0.15, 0.2) is 224 Å². The van der Waals surface area contributed by atoms with Crippen molar-refractivity contribution in [1.29, 1.82) is 0 Å². The molecular weight excluding hydrogens is 739 g/mol. The fourth-order valence-electron chi connectivity index (χ4n) is 9.32. The first-order valence-electron chi connectivity index (χ1n) is 20.8. The first-order chi connectivity index (χ1) is 30.2. The van der Waals surface area contributed by atoms with E-state index < -0.39 is 0 Å². The summed E-state index contributed by atoms with van der Waals surface area (Å²) in [6, 6.07) is 80.4. The molecule has 0 unspecified atom stereocenters. The number of aromatic nitrogens is 3. The predicted molar refractivity (Wildman–Crippen MR) is 256 cm³/mol. The van der Waals surface area contributed by atoms with Gasteiger partial charge in [0.25, 0.3) is 0 Å². The molecule has 3 nitrogen and oxygen atoms in total. The summed E-state index contributed by atoms with van der Waals surface area (Å²) in [5.41, 5.74) is 13.2. The van der Waals surface area contributed by atoms with Crippen molar-refractivity contribution in [3.63, 3.8) is 0 Å². The maximum atomic E-state index is 5.28. The number of nitrogens with zero attached hydrogens (tertiary/aromatic N) is 3. The SMILES string of the molecule is c1ccc(-c2ccc(-n3c4ccccc4c4cc(-c5ccc6c(c5)c5ccccc5c5cccc(-c7nc(-c8ccccc8)cc(-c8ccccc8)n7)c56)ccc43)cc2)cc1. The monoisotopic (exact) mass is 775 g/mol. The lowest BCUT2D eigenvalue weighted by Crippen LogP contribution is -1.97. The topological polar surface area (TPSA) is 30.7 Å². The molecule has 12 aromatic rings. The van der Waals surface area contributed by atoms with Gasteiger partial charge in [0.05, 0.1) is 22.4 Å². The highest BCUT2D eigenvalue weighted by molar-refractivity contribution is 6.28. The molecule has 0 saturated heterocycles. The van der Waals surface area contributed by atoms with Crippen molar-refractivity contribution in [1.82, 2.24) is 14.5 Å². The molecule has 0 saturated carbocycles. The Labute approximate surface area is 353 Å². The highest BCUT2D eigenvalue weighted by Crippen LogP contribution is 2.43. The Morgan fingerprint density at radius 1 is 0.279 bits per heavy atom. The van der Waals surface area contributed by atoms with E-state index in [1.54, 1.807) is 0 Å². The van der Waals surface area contributed by atoms with Crippen LogP contribution in [0.1, 0.15) is 0 Å². The first kappa shape index (κ1) is 34.9. The van der Waals surface area contributed by atoms with Crippen LogP contribution in [0.3, 0.4) is 0 Å². The fraction of sp³-hybridized carbons (Fsp3) is 0. The minimum Gasteiger partial charge on any atom is -0.309 e. The van der Waals surface area contributed by atoms with Gasteiger partial charge in [0.15, 0.2) is 5.82 Å². The molecule has 2 aromatic heterocycles. The maximum absolute atomic E-state index is 5.28. The molecule has 3 heteroatoms. The van der Waals surface area contributed by atoms with E-state index >= 15 is 0 Å². The standard InChI is InChI=1S/C58H37N3/c1-4-15-38(16-5-1)39-27-31-44(32-28-39)61-55-26-13-12-23-47(55)52-36-43(30-34-56(52)61)42-29-33-49-51(35-42)46-22-11-10-21-45(46)48-24-14-25-50(57(48)49)58-59-53(40-17-6-2-7-18-40)37-54(60-58)41-19-8-3-9-20-41/h1-37H. The molecule has 10 aromatic carbocycles. The molecule has 0 fully saturated rings. The van der Waals surface area contributed by atoms with Gasteiger partial charge in [0, 0.05) is 38.5 Å². The quantitative estimate of drug-likeness (QED) is 0.158. The van der Waals surface area contributed by atoms with Crippen molar-refractivity contribution in [2.45, 2.75) is 0 Å². The summed E-state index contributed by atoms with van der Waals surface area (Å²) in [6.45, 7) is 0. The fourth-order valence-corrected chi connectivity index (χ4v) is 9.32. The molecule has 0 aliphatic carbocycles. The summed E-state index contributed by atoms with van der Waals surface area (Å²) in [4.78, 5) is 10.6. The molecular formula is C58H37N3. The Bertz CT molecular complexity index is 3550. The average Bonchev–Trinajstić information content (AvgIpc) is 3.68. The van der Waals surface area contributed by atoms with E-state index in [0.29, 0.717) is 5.82 Å². The summed E-state index contributed by atoms with van der Waals surface area (Å²) >= 11 is 0. The molecule has 0 spiro atoms. The lowest BCUT2D eigenvalue weighted by atomic mass is 9.89. The highest BCUT2D eigenvalue weighted by Gasteiger charge is 2.19. The van der Waals surface area contributed by atoms with Crippen molar-refractivity contribution in [2.24, 2.45) is 0 Å². The van der Waals surface area contributed by atoms with E-state index in [-0.39, 0.29) is 0 Å². The normalized spacial score (nSPS) is 11.6. The van der Waals surface area contributed by atoms with Crippen LogP contribution in [-0.2, 0) is 0 Å². The third kappa shape index (κ3) is 5.90. The van der Waals surface area contributed by atoms with Gasteiger partial charge in [-0.05, 0) is 91.6 Å². The van der Waals surface area contributed by atoms with Crippen LogP contribution in [-0.4, -0.2) is 14.5 Å². The Balaban J connectivity index is 1.04. The second kappa shape index (κ2) is 14.3. The summed E-state index contributed by atoms with van der Waals surface area (Å²) in [5.74, 6) is 0.711. The van der Waals surface area contributed by atoms with Gasteiger partial charge in [-0.3, -0.25) is 0 Å². The Morgan fingerprint density at radius 2 is 0.754 bits per heavy atom. The second-order valence-electron chi connectivity index (χ2n) is 15.7. The van der Waals surface area contributed by atoms with Crippen molar-refractivity contribution in [3.8, 4) is 61.8 Å². The van der Waals surface area contributed by atoms with E-state index in [1.807, 2.05) is 12.1 Å². The molecule has 0 aliphatic rings. The van der Waals surface area contributed by atoms with Crippen LogP contribution in [0.5, 0.6) is 0 Å². The third-order valence-electron chi connectivity index (χ3n) is 12.2. The van der Waals surface area contributed by atoms with E-state index in [2.05, 4.69) is 217 Å². The Hall–Kier alpha value is -8.14. The van der Waals surface area contributed by atoms with Crippen molar-refractivity contribution >= 4 is 54.1 Å². The van der Waals surface area contributed by atoms with Crippen LogP contribution in [0.2, 0.25) is 0 Å². The number of fused-ring (bicyclic) bond motifs is 9. The van der Waals surface area contributed by atoms with Crippen LogP contribution >= 0.6 is 0 Å². The zero-order valence-electron chi connectivity index (χ0n) is 33.2. The Kier molecular flexibility index (Phi) is 8.17. The van der Waals surface area contributed by atoms with Gasteiger partial charge >= 0.3 is 0 Å². The van der Waals surface area contributed by atoms with Gasteiger partial charge in [-0.15, -0.1) is 0 Å². The van der Waals surface area contributed by atoms with Gasteiger partial charge in [-0.25, -0.2) is 9.97 Å². The van der Waals surface area contributed by atoms with E-state index in [1.165, 1.54) is 71.0 Å². The summed E-state index contributed by atoms with van der Waals surface area (Å²) in [5, 5.41) is 9.64. The van der Waals surface area contributed by atoms with Gasteiger partial charge < -0.3 is 4.57 Å². The summed E-state index contributed by atoms with van der Waals surface area (Å²) in [6.07, 6.45) is 0. The average molecular weight is 776 g/mol. The number of benzene rings is 10. The molecule has 0 radical (unpaired) electrons.